The second-order valence-electron chi connectivity index (χ2n) is 5.24. The van der Waals surface area contributed by atoms with Gasteiger partial charge < -0.3 is 4.74 Å². The molecule has 1 aromatic rings. The second kappa shape index (κ2) is 9.54. The Morgan fingerprint density at radius 3 is 2.96 bits per heavy atom. The van der Waals surface area contributed by atoms with Crippen LogP contribution in [0.1, 0.15) is 38.2 Å². The summed E-state index contributed by atoms with van der Waals surface area (Å²) in [5.41, 5.74) is 0.882. The maximum atomic E-state index is 12.4. The molecule has 1 aliphatic heterocycles. The van der Waals surface area contributed by atoms with Crippen molar-refractivity contribution in [1.29, 1.82) is 0 Å². The van der Waals surface area contributed by atoms with E-state index in [-0.39, 0.29) is 11.9 Å². The van der Waals surface area contributed by atoms with Gasteiger partial charge in [-0.15, -0.1) is 0 Å². The molecular weight excluding hydrogens is 344 g/mol. The summed E-state index contributed by atoms with van der Waals surface area (Å²) in [7, 11) is 0. The van der Waals surface area contributed by atoms with Gasteiger partial charge in [-0.25, -0.2) is 0 Å². The van der Waals surface area contributed by atoms with E-state index in [1.165, 1.54) is 11.8 Å². The Labute approximate surface area is 151 Å². The van der Waals surface area contributed by atoms with Crippen molar-refractivity contribution in [2.75, 3.05) is 13.2 Å². The molecule has 1 amide bonds. The van der Waals surface area contributed by atoms with Gasteiger partial charge in [-0.2, -0.15) is 0 Å². The highest BCUT2D eigenvalue weighted by Gasteiger charge is 2.31. The first kappa shape index (κ1) is 18.6. The Bertz CT molecular complexity index is 632. The van der Waals surface area contributed by atoms with Gasteiger partial charge in [0.05, 0.1) is 11.5 Å². The van der Waals surface area contributed by atoms with E-state index in [0.717, 1.165) is 24.8 Å². The van der Waals surface area contributed by atoms with Crippen LogP contribution in [-0.2, 0) is 14.3 Å². The van der Waals surface area contributed by atoms with Crippen molar-refractivity contribution in [3.63, 3.8) is 0 Å². The van der Waals surface area contributed by atoms with Crippen molar-refractivity contribution in [3.8, 4) is 0 Å². The van der Waals surface area contributed by atoms with Crippen LogP contribution in [0, 0.1) is 0 Å². The van der Waals surface area contributed by atoms with Crippen molar-refractivity contribution in [1.82, 2.24) is 9.88 Å². The Balaban J connectivity index is 1.80. The minimum Gasteiger partial charge on any atom is -0.466 e. The molecule has 1 aromatic heterocycles. The molecule has 1 saturated heterocycles. The van der Waals surface area contributed by atoms with Crippen LogP contribution in [0.15, 0.2) is 29.4 Å². The monoisotopic (exact) mass is 364 g/mol. The lowest BCUT2D eigenvalue weighted by molar-refractivity contribution is -0.143. The average molecular weight is 364 g/mol. The second-order valence-corrected chi connectivity index (χ2v) is 6.91. The van der Waals surface area contributed by atoms with Crippen LogP contribution in [0.2, 0.25) is 0 Å². The third-order valence-corrected chi connectivity index (χ3v) is 4.80. The van der Waals surface area contributed by atoms with Gasteiger partial charge in [-0.3, -0.25) is 19.5 Å². The number of amides is 1. The number of thiocarbonyl (C=S) groups is 1. The molecule has 0 aromatic carbocycles. The molecule has 0 N–H and O–H groups in total. The van der Waals surface area contributed by atoms with Crippen molar-refractivity contribution in [2.24, 2.45) is 0 Å². The third kappa shape index (κ3) is 5.42. The van der Waals surface area contributed by atoms with Crippen LogP contribution >= 0.6 is 24.0 Å². The van der Waals surface area contributed by atoms with Crippen LogP contribution in [-0.4, -0.2) is 39.2 Å². The lowest BCUT2D eigenvalue weighted by Crippen LogP contribution is -2.29. The highest BCUT2D eigenvalue weighted by atomic mass is 32.2. The molecule has 0 radical (unpaired) electrons. The predicted octanol–water partition coefficient (Wildman–Crippen LogP) is 3.41. The number of nitrogens with zero attached hydrogens (tertiary/aromatic N) is 2. The van der Waals surface area contributed by atoms with Crippen LogP contribution in [0.4, 0.5) is 0 Å². The van der Waals surface area contributed by atoms with Crippen molar-refractivity contribution in [3.05, 3.63) is 35.0 Å². The first-order chi connectivity index (χ1) is 11.6. The summed E-state index contributed by atoms with van der Waals surface area (Å²) in [5.74, 6) is -0.221. The standard InChI is InChI=1S/C17H20N2O3S2/c1-2-22-15(20)8-4-3-5-10-19-16(21)14(24-17(19)23)11-13-7-6-9-18-12-13/h6-7,9,11-12H,2-5,8,10H2,1H3/b14-11-. The summed E-state index contributed by atoms with van der Waals surface area (Å²) < 4.78 is 5.47. The van der Waals surface area contributed by atoms with E-state index in [2.05, 4.69) is 4.98 Å². The number of esters is 1. The minimum absolute atomic E-state index is 0.0563. The fourth-order valence-electron chi connectivity index (χ4n) is 2.25. The molecule has 0 unspecified atom stereocenters. The fraction of sp³-hybridized carbons (Fsp3) is 0.412. The largest absolute Gasteiger partial charge is 0.466 e. The first-order valence-corrected chi connectivity index (χ1v) is 9.15. The first-order valence-electron chi connectivity index (χ1n) is 7.93. The Morgan fingerprint density at radius 2 is 2.25 bits per heavy atom. The van der Waals surface area contributed by atoms with E-state index in [1.54, 1.807) is 24.2 Å². The van der Waals surface area contributed by atoms with E-state index in [0.29, 0.717) is 28.8 Å². The van der Waals surface area contributed by atoms with Gasteiger partial charge in [0.1, 0.15) is 4.32 Å². The molecule has 0 bridgehead atoms. The smallest absolute Gasteiger partial charge is 0.305 e. The van der Waals surface area contributed by atoms with Gasteiger partial charge in [0.15, 0.2) is 0 Å². The molecule has 7 heteroatoms. The summed E-state index contributed by atoms with van der Waals surface area (Å²) >= 11 is 6.62. The van der Waals surface area contributed by atoms with Crippen LogP contribution in [0.3, 0.4) is 0 Å². The third-order valence-electron chi connectivity index (χ3n) is 3.42. The molecule has 0 aliphatic carbocycles. The van der Waals surface area contributed by atoms with Gasteiger partial charge in [0.2, 0.25) is 0 Å². The maximum Gasteiger partial charge on any atom is 0.305 e. The number of ether oxygens (including phenoxy) is 1. The fourth-order valence-corrected chi connectivity index (χ4v) is 3.56. The number of rotatable bonds is 8. The Morgan fingerprint density at radius 1 is 1.42 bits per heavy atom. The normalized spacial score (nSPS) is 16.0. The highest BCUT2D eigenvalue weighted by Crippen LogP contribution is 2.32. The number of pyridine rings is 1. The van der Waals surface area contributed by atoms with E-state index in [1.807, 2.05) is 18.2 Å². The number of thioether (sulfide) groups is 1. The molecule has 5 nitrogen and oxygen atoms in total. The molecule has 0 atom stereocenters. The van der Waals surface area contributed by atoms with Crippen molar-refractivity contribution in [2.45, 2.75) is 32.6 Å². The number of hydrogen-bond donors (Lipinski definition) is 0. The van der Waals surface area contributed by atoms with E-state index in [4.69, 9.17) is 17.0 Å². The summed E-state index contributed by atoms with van der Waals surface area (Å²) in [6.45, 7) is 2.79. The molecule has 2 heterocycles. The summed E-state index contributed by atoms with van der Waals surface area (Å²) in [6.07, 6.45) is 8.07. The quantitative estimate of drug-likeness (QED) is 0.305. The molecule has 128 valence electrons. The SMILES string of the molecule is CCOC(=O)CCCCCN1C(=O)/C(=C/c2cccnc2)SC1=S. The average Bonchev–Trinajstić information content (AvgIpc) is 2.83. The van der Waals surface area contributed by atoms with Crippen molar-refractivity contribution >= 4 is 46.3 Å². The molecular formula is C17H20N2O3S2. The zero-order chi connectivity index (χ0) is 17.4. The number of hydrogen-bond acceptors (Lipinski definition) is 6. The van der Waals surface area contributed by atoms with Crippen LogP contribution in [0.5, 0.6) is 0 Å². The van der Waals surface area contributed by atoms with Gasteiger partial charge in [-0.05, 0) is 37.5 Å². The lowest BCUT2D eigenvalue weighted by atomic mass is 10.2. The predicted molar refractivity (Wildman–Crippen MR) is 99.2 cm³/mol. The summed E-state index contributed by atoms with van der Waals surface area (Å²) in [4.78, 5) is 30.0. The van der Waals surface area contributed by atoms with Gasteiger partial charge in [0.25, 0.3) is 5.91 Å². The molecule has 1 fully saturated rings. The van der Waals surface area contributed by atoms with E-state index < -0.39 is 0 Å². The zero-order valence-corrected chi connectivity index (χ0v) is 15.2. The minimum atomic E-state index is -0.164. The van der Waals surface area contributed by atoms with E-state index >= 15 is 0 Å². The van der Waals surface area contributed by atoms with Crippen LogP contribution < -0.4 is 0 Å². The Hall–Kier alpha value is -1.73. The summed E-state index contributed by atoms with van der Waals surface area (Å²) in [5, 5.41) is 0. The lowest BCUT2D eigenvalue weighted by Gasteiger charge is -2.13. The molecule has 0 saturated carbocycles. The highest BCUT2D eigenvalue weighted by molar-refractivity contribution is 8.26. The van der Waals surface area contributed by atoms with Gasteiger partial charge in [0, 0.05) is 25.4 Å². The number of carbonyl (C=O) groups excluding carboxylic acids is 2. The number of carbonyl (C=O) groups is 2. The van der Waals surface area contributed by atoms with E-state index in [9.17, 15) is 9.59 Å². The van der Waals surface area contributed by atoms with Gasteiger partial charge >= 0.3 is 5.97 Å². The Kier molecular flexibility index (Phi) is 7.39. The molecule has 24 heavy (non-hydrogen) atoms. The maximum absolute atomic E-state index is 12.4. The van der Waals surface area contributed by atoms with Gasteiger partial charge in [-0.1, -0.05) is 36.5 Å². The summed E-state index contributed by atoms with van der Waals surface area (Å²) in [6, 6.07) is 3.73. The topological polar surface area (TPSA) is 59.5 Å². The zero-order valence-electron chi connectivity index (χ0n) is 13.6. The number of aromatic nitrogens is 1. The molecule has 0 spiro atoms. The van der Waals surface area contributed by atoms with Crippen molar-refractivity contribution < 1.29 is 14.3 Å². The molecule has 1 aliphatic rings. The number of unbranched alkanes of at least 4 members (excludes halogenated alkanes) is 2. The van der Waals surface area contributed by atoms with Crippen LogP contribution in [0.25, 0.3) is 6.08 Å². The molecule has 2 rings (SSSR count).